The summed E-state index contributed by atoms with van der Waals surface area (Å²) in [5, 5.41) is 0. The molecule has 188 valence electrons. The number of hydrogen-bond donors (Lipinski definition) is 0. The second-order valence-corrected chi connectivity index (χ2v) is 9.15. The van der Waals surface area contributed by atoms with Crippen molar-refractivity contribution in [2.24, 2.45) is 0 Å². The zero-order valence-electron chi connectivity index (χ0n) is 22.0. The molecule has 0 bridgehead atoms. The average Bonchev–Trinajstić information content (AvgIpc) is 2.77. The van der Waals surface area contributed by atoms with Gasteiger partial charge in [0.15, 0.2) is 6.10 Å². The number of nitrogens with zero attached hydrogens (tertiary/aromatic N) is 1. The second kappa shape index (κ2) is 21.9. The predicted molar refractivity (Wildman–Crippen MR) is 142 cm³/mol. The van der Waals surface area contributed by atoms with E-state index >= 15 is 0 Å². The monoisotopic (exact) mass is 460 g/mol. The summed E-state index contributed by atoms with van der Waals surface area (Å²) in [5.74, 6) is -0.233. The van der Waals surface area contributed by atoms with E-state index in [1.807, 2.05) is 6.92 Å². The number of rotatable bonds is 20. The third-order valence-electron chi connectivity index (χ3n) is 4.88. The van der Waals surface area contributed by atoms with Gasteiger partial charge in [0.05, 0.1) is 21.1 Å². The maximum absolute atomic E-state index is 12.1. The van der Waals surface area contributed by atoms with Crippen LogP contribution < -0.4 is 0 Å². The van der Waals surface area contributed by atoms with Crippen molar-refractivity contribution in [3.8, 4) is 0 Å². The Bertz CT molecular complexity index is 609. The number of unbranched alkanes of at least 4 members (excludes halogenated alkanes) is 2. The summed E-state index contributed by atoms with van der Waals surface area (Å²) in [7, 11) is 6.25. The molecule has 4 heteroatoms. The summed E-state index contributed by atoms with van der Waals surface area (Å²) in [5.41, 5.74) is 0. The van der Waals surface area contributed by atoms with E-state index < -0.39 is 6.10 Å². The fourth-order valence-electron chi connectivity index (χ4n) is 2.82. The number of allylic oxidation sites excluding steroid dienone is 10. The molecular formula is C29H50NO3+. The van der Waals surface area contributed by atoms with Crippen molar-refractivity contribution in [3.63, 3.8) is 0 Å². The molecule has 1 unspecified atom stereocenters. The third-order valence-corrected chi connectivity index (χ3v) is 4.88. The molecule has 0 saturated carbocycles. The maximum Gasteiger partial charge on any atom is 0.335 e. The smallest absolute Gasteiger partial charge is 0.335 e. The van der Waals surface area contributed by atoms with Gasteiger partial charge in [-0.3, -0.25) is 0 Å². The second-order valence-electron chi connectivity index (χ2n) is 9.15. The van der Waals surface area contributed by atoms with E-state index in [2.05, 4.69) is 88.8 Å². The number of likely N-dealkylation sites (N-methyl/N-ethyl adjacent to an activating group) is 1. The SMILES string of the molecule is CC/C=C\C/C=C\C/C=C\C/C=C\C/C=C\CCCCOC(CC)C(=O)OCC[N+](C)(C)C. The molecule has 1 atom stereocenters. The molecule has 0 amide bonds. The molecule has 0 N–H and O–H groups in total. The molecule has 4 nitrogen and oxygen atoms in total. The van der Waals surface area contributed by atoms with Crippen LogP contribution in [-0.2, 0) is 14.3 Å². The lowest BCUT2D eigenvalue weighted by Gasteiger charge is -2.24. The van der Waals surface area contributed by atoms with E-state index in [-0.39, 0.29) is 5.97 Å². The molecule has 0 aliphatic rings. The summed E-state index contributed by atoms with van der Waals surface area (Å²) in [6.07, 6.45) is 30.6. The molecular weight excluding hydrogens is 410 g/mol. The molecule has 0 aromatic rings. The van der Waals surface area contributed by atoms with Crippen LogP contribution in [0.5, 0.6) is 0 Å². The largest absolute Gasteiger partial charge is 0.458 e. The van der Waals surface area contributed by atoms with Crippen LogP contribution in [0, 0.1) is 0 Å². The van der Waals surface area contributed by atoms with Crippen LogP contribution in [0.15, 0.2) is 60.8 Å². The third kappa shape index (κ3) is 23.1. The van der Waals surface area contributed by atoms with E-state index in [1.165, 1.54) is 0 Å². The maximum atomic E-state index is 12.1. The summed E-state index contributed by atoms with van der Waals surface area (Å²) >= 11 is 0. The molecule has 0 aliphatic carbocycles. The van der Waals surface area contributed by atoms with Gasteiger partial charge in [-0.1, -0.05) is 74.6 Å². The van der Waals surface area contributed by atoms with Crippen molar-refractivity contribution in [1.82, 2.24) is 0 Å². The highest BCUT2D eigenvalue weighted by Gasteiger charge is 2.19. The van der Waals surface area contributed by atoms with Gasteiger partial charge in [0.1, 0.15) is 13.2 Å². The van der Waals surface area contributed by atoms with E-state index in [0.717, 1.165) is 62.4 Å². The zero-order valence-corrected chi connectivity index (χ0v) is 22.0. The Labute approximate surface area is 204 Å². The van der Waals surface area contributed by atoms with Crippen LogP contribution in [0.1, 0.15) is 71.6 Å². The van der Waals surface area contributed by atoms with Crippen LogP contribution in [0.4, 0.5) is 0 Å². The van der Waals surface area contributed by atoms with Gasteiger partial charge in [0, 0.05) is 6.61 Å². The Kier molecular flexibility index (Phi) is 20.6. The molecule has 33 heavy (non-hydrogen) atoms. The lowest BCUT2D eigenvalue weighted by molar-refractivity contribution is -0.870. The standard InChI is InChI=1S/C29H50NO3/c1-6-8-9-10-11-12-13-14-15-16-17-18-19-20-21-22-23-24-26-32-28(7-2)29(31)33-27-25-30(3,4)5/h8-9,11-12,14-15,17-18,20-21,28H,6-7,10,13,16,19,22-27H2,1-5H3/q+1/b9-8-,12-11-,15-14-,18-17-,21-20-. The van der Waals surface area contributed by atoms with Crippen molar-refractivity contribution in [2.75, 3.05) is 40.9 Å². The fourth-order valence-corrected chi connectivity index (χ4v) is 2.82. The van der Waals surface area contributed by atoms with Gasteiger partial charge in [-0.2, -0.15) is 0 Å². The highest BCUT2D eigenvalue weighted by molar-refractivity contribution is 5.74. The molecule has 0 aromatic carbocycles. The lowest BCUT2D eigenvalue weighted by Crippen LogP contribution is -2.39. The Morgan fingerprint density at radius 2 is 1.24 bits per heavy atom. The quantitative estimate of drug-likeness (QED) is 0.0853. The molecule has 0 fully saturated rings. The molecule has 0 aliphatic heterocycles. The Morgan fingerprint density at radius 3 is 1.73 bits per heavy atom. The minimum atomic E-state index is -0.439. The summed E-state index contributed by atoms with van der Waals surface area (Å²) in [6, 6.07) is 0. The van der Waals surface area contributed by atoms with Gasteiger partial charge >= 0.3 is 5.97 Å². The number of hydrogen-bond acceptors (Lipinski definition) is 3. The summed E-state index contributed by atoms with van der Waals surface area (Å²) < 4.78 is 11.9. The minimum absolute atomic E-state index is 0.233. The van der Waals surface area contributed by atoms with Crippen molar-refractivity contribution in [2.45, 2.75) is 77.7 Å². The van der Waals surface area contributed by atoms with Gasteiger partial charge < -0.3 is 14.0 Å². The van der Waals surface area contributed by atoms with Crippen LogP contribution in [0.2, 0.25) is 0 Å². The first-order valence-corrected chi connectivity index (χ1v) is 12.7. The van der Waals surface area contributed by atoms with E-state index in [4.69, 9.17) is 9.47 Å². The minimum Gasteiger partial charge on any atom is -0.458 e. The van der Waals surface area contributed by atoms with Crippen molar-refractivity contribution in [3.05, 3.63) is 60.8 Å². The van der Waals surface area contributed by atoms with Gasteiger partial charge in [-0.05, 0) is 57.8 Å². The van der Waals surface area contributed by atoms with Gasteiger partial charge in [-0.25, -0.2) is 4.79 Å². The van der Waals surface area contributed by atoms with Crippen LogP contribution in [0.3, 0.4) is 0 Å². The highest BCUT2D eigenvalue weighted by Crippen LogP contribution is 2.06. The average molecular weight is 461 g/mol. The molecule has 0 saturated heterocycles. The highest BCUT2D eigenvalue weighted by atomic mass is 16.6. The molecule has 0 spiro atoms. The van der Waals surface area contributed by atoms with Gasteiger partial charge in [0.2, 0.25) is 0 Å². The lowest BCUT2D eigenvalue weighted by atomic mass is 10.2. The number of carbonyl (C=O) groups is 1. The van der Waals surface area contributed by atoms with Crippen LogP contribution >= 0.6 is 0 Å². The summed E-state index contributed by atoms with van der Waals surface area (Å²) in [6.45, 7) is 5.96. The van der Waals surface area contributed by atoms with Crippen molar-refractivity contribution in [1.29, 1.82) is 0 Å². The van der Waals surface area contributed by atoms with Crippen LogP contribution in [0.25, 0.3) is 0 Å². The number of carbonyl (C=O) groups excluding carboxylic acids is 1. The topological polar surface area (TPSA) is 35.5 Å². The normalized spacial score (nSPS) is 14.0. The van der Waals surface area contributed by atoms with E-state index in [9.17, 15) is 4.79 Å². The van der Waals surface area contributed by atoms with Crippen molar-refractivity contribution >= 4 is 5.97 Å². The molecule has 0 heterocycles. The zero-order chi connectivity index (χ0) is 24.6. The predicted octanol–water partition coefficient (Wildman–Crippen LogP) is 6.95. The first-order valence-electron chi connectivity index (χ1n) is 12.7. The summed E-state index contributed by atoms with van der Waals surface area (Å²) in [4.78, 5) is 12.1. The number of esters is 1. The molecule has 0 aromatic heterocycles. The number of quaternary nitrogens is 1. The number of ether oxygens (including phenoxy) is 2. The first-order chi connectivity index (χ1) is 15.9. The van der Waals surface area contributed by atoms with Gasteiger partial charge in [-0.15, -0.1) is 0 Å². The molecule has 0 rings (SSSR count). The Balaban J connectivity index is 3.70. The first kappa shape index (κ1) is 31.1. The Hall–Kier alpha value is -1.91. The molecule has 0 radical (unpaired) electrons. The fraction of sp³-hybridized carbons (Fsp3) is 0.621. The van der Waals surface area contributed by atoms with E-state index in [1.54, 1.807) is 0 Å². The van der Waals surface area contributed by atoms with Crippen LogP contribution in [-0.4, -0.2) is 57.5 Å². The Morgan fingerprint density at radius 1 is 0.727 bits per heavy atom. The van der Waals surface area contributed by atoms with E-state index in [0.29, 0.717) is 19.6 Å². The van der Waals surface area contributed by atoms with Crippen molar-refractivity contribution < 1.29 is 18.8 Å². The van der Waals surface area contributed by atoms with Gasteiger partial charge in [0.25, 0.3) is 0 Å².